The van der Waals surface area contributed by atoms with E-state index in [-0.39, 0.29) is 6.54 Å². The molecule has 5 nitrogen and oxygen atoms in total. The fourth-order valence-electron chi connectivity index (χ4n) is 1.41. The van der Waals surface area contributed by atoms with E-state index in [2.05, 4.69) is 4.52 Å². The number of amides is 1. The summed E-state index contributed by atoms with van der Waals surface area (Å²) < 4.78 is 16.2. The Morgan fingerprint density at radius 1 is 1.47 bits per heavy atom. The standard InChI is InChI=1S/C11H14NO4P/c1-9(17(15)16-2)12(11(13)14)8-10-6-4-3-5-7-10/h3-7,9H,8H2,1-2H3/p+1/t9-/m1/s1. The number of hydrogen-bond donors (Lipinski definition) is 1. The lowest BCUT2D eigenvalue weighted by molar-refractivity contribution is 0.136. The second-order valence-electron chi connectivity index (χ2n) is 3.50. The summed E-state index contributed by atoms with van der Waals surface area (Å²) in [6, 6.07) is 9.16. The average Bonchev–Trinajstić information content (AvgIpc) is 2.35. The normalized spacial score (nSPS) is 12.9. The first-order valence-corrected chi connectivity index (χ1v) is 6.35. The summed E-state index contributed by atoms with van der Waals surface area (Å²) in [7, 11) is -0.709. The van der Waals surface area contributed by atoms with Gasteiger partial charge in [-0.1, -0.05) is 30.3 Å². The summed E-state index contributed by atoms with van der Waals surface area (Å²) in [4.78, 5) is 12.2. The molecule has 1 aromatic rings. The first-order valence-electron chi connectivity index (χ1n) is 5.10. The van der Waals surface area contributed by atoms with Crippen LogP contribution >= 0.6 is 8.03 Å². The molecule has 0 radical (unpaired) electrons. The summed E-state index contributed by atoms with van der Waals surface area (Å²) in [5, 5.41) is 9.09. The number of carboxylic acid groups (broad SMARTS) is 1. The van der Waals surface area contributed by atoms with E-state index in [1.165, 1.54) is 7.11 Å². The van der Waals surface area contributed by atoms with Gasteiger partial charge in [0.2, 0.25) is 0 Å². The lowest BCUT2D eigenvalue weighted by atomic mass is 10.2. The minimum absolute atomic E-state index is 0.196. The van der Waals surface area contributed by atoms with Gasteiger partial charge in [-0.15, -0.1) is 4.52 Å². The van der Waals surface area contributed by atoms with Crippen LogP contribution in [-0.2, 0) is 15.6 Å². The van der Waals surface area contributed by atoms with Crippen molar-refractivity contribution in [1.82, 2.24) is 4.90 Å². The molecule has 1 N–H and O–H groups in total. The van der Waals surface area contributed by atoms with Crippen molar-refractivity contribution in [2.75, 3.05) is 7.11 Å². The molecule has 1 aromatic carbocycles. The zero-order chi connectivity index (χ0) is 12.8. The van der Waals surface area contributed by atoms with Gasteiger partial charge in [-0.3, -0.25) is 4.90 Å². The van der Waals surface area contributed by atoms with Gasteiger partial charge in [-0.25, -0.2) is 4.79 Å². The molecule has 0 spiro atoms. The van der Waals surface area contributed by atoms with E-state index < -0.39 is 19.9 Å². The minimum Gasteiger partial charge on any atom is -0.465 e. The largest absolute Gasteiger partial charge is 0.533 e. The van der Waals surface area contributed by atoms with E-state index in [0.717, 1.165) is 10.5 Å². The topological polar surface area (TPSA) is 66.8 Å². The van der Waals surface area contributed by atoms with Crippen LogP contribution in [0.2, 0.25) is 0 Å². The van der Waals surface area contributed by atoms with Gasteiger partial charge < -0.3 is 5.11 Å². The fraction of sp³-hybridized carbons (Fsp3) is 0.364. The summed E-state index contributed by atoms with van der Waals surface area (Å²) >= 11 is 0. The van der Waals surface area contributed by atoms with Crippen LogP contribution in [-0.4, -0.2) is 29.0 Å². The molecule has 0 aromatic heterocycles. The maximum atomic E-state index is 11.5. The van der Waals surface area contributed by atoms with Gasteiger partial charge in [0.05, 0.1) is 13.7 Å². The Kier molecular flexibility index (Phi) is 5.07. The maximum absolute atomic E-state index is 11.5. The second kappa shape index (κ2) is 6.33. The first-order chi connectivity index (χ1) is 8.06. The van der Waals surface area contributed by atoms with E-state index in [9.17, 15) is 9.36 Å². The third-order valence-corrected chi connectivity index (χ3v) is 3.63. The van der Waals surface area contributed by atoms with E-state index in [0.29, 0.717) is 0 Å². The fourth-order valence-corrected chi connectivity index (χ4v) is 2.12. The summed E-state index contributed by atoms with van der Waals surface area (Å²) in [6.45, 7) is 1.76. The van der Waals surface area contributed by atoms with Crippen molar-refractivity contribution in [1.29, 1.82) is 0 Å². The molecule has 17 heavy (non-hydrogen) atoms. The summed E-state index contributed by atoms with van der Waals surface area (Å²) in [5.41, 5.74) is 0.848. The number of carbonyl (C=O) groups is 1. The highest BCUT2D eigenvalue weighted by molar-refractivity contribution is 7.39. The lowest BCUT2D eigenvalue weighted by Crippen LogP contribution is -2.35. The molecule has 2 atom stereocenters. The van der Waals surface area contributed by atoms with Crippen molar-refractivity contribution >= 4 is 14.1 Å². The van der Waals surface area contributed by atoms with Gasteiger partial charge in [0.15, 0.2) is 0 Å². The molecule has 6 heteroatoms. The smallest absolute Gasteiger partial charge is 0.465 e. The molecule has 0 aliphatic rings. The maximum Gasteiger partial charge on any atom is 0.533 e. The van der Waals surface area contributed by atoms with Gasteiger partial charge in [0.1, 0.15) is 0 Å². The highest BCUT2D eigenvalue weighted by Crippen LogP contribution is 2.31. The van der Waals surface area contributed by atoms with Gasteiger partial charge in [-0.2, -0.15) is 0 Å². The lowest BCUT2D eigenvalue weighted by Gasteiger charge is -2.18. The molecule has 0 aliphatic carbocycles. The predicted molar refractivity (Wildman–Crippen MR) is 64.1 cm³/mol. The third-order valence-electron chi connectivity index (χ3n) is 2.38. The average molecular weight is 256 g/mol. The van der Waals surface area contributed by atoms with Crippen LogP contribution in [0, 0.1) is 0 Å². The number of nitrogens with zero attached hydrogens (tertiary/aromatic N) is 1. The molecule has 1 unspecified atom stereocenters. The van der Waals surface area contributed by atoms with Crippen LogP contribution in [0.25, 0.3) is 0 Å². The molecule has 0 aliphatic heterocycles. The van der Waals surface area contributed by atoms with Crippen LogP contribution in [0.4, 0.5) is 4.79 Å². The van der Waals surface area contributed by atoms with Crippen molar-refractivity contribution < 1.29 is 19.0 Å². The third kappa shape index (κ3) is 3.80. The van der Waals surface area contributed by atoms with Crippen molar-refractivity contribution in [3.63, 3.8) is 0 Å². The first kappa shape index (κ1) is 13.6. The van der Waals surface area contributed by atoms with Crippen molar-refractivity contribution in [2.45, 2.75) is 19.3 Å². The number of hydrogen-bond acceptors (Lipinski definition) is 3. The van der Waals surface area contributed by atoms with Crippen molar-refractivity contribution in [2.24, 2.45) is 0 Å². The molecule has 1 amide bonds. The SMILES string of the molecule is CO[P+](=O)[C@H](C)N(Cc1ccccc1)C(=O)O. The van der Waals surface area contributed by atoms with Crippen LogP contribution in [0.15, 0.2) is 30.3 Å². The highest BCUT2D eigenvalue weighted by Gasteiger charge is 2.36. The van der Waals surface area contributed by atoms with Gasteiger partial charge in [0.25, 0.3) is 5.78 Å². The summed E-state index contributed by atoms with van der Waals surface area (Å²) in [5.74, 6) is -0.673. The molecule has 0 saturated carbocycles. The summed E-state index contributed by atoms with van der Waals surface area (Å²) in [6.07, 6.45) is -1.11. The Morgan fingerprint density at radius 3 is 2.53 bits per heavy atom. The number of rotatable bonds is 5. The van der Waals surface area contributed by atoms with Crippen molar-refractivity contribution in [3.8, 4) is 0 Å². The van der Waals surface area contributed by atoms with E-state index in [1.807, 2.05) is 30.3 Å². The molecule has 0 fully saturated rings. The van der Waals surface area contributed by atoms with Crippen LogP contribution in [0.1, 0.15) is 12.5 Å². The predicted octanol–water partition coefficient (Wildman–Crippen LogP) is 2.90. The second-order valence-corrected chi connectivity index (χ2v) is 5.18. The molecule has 1 rings (SSSR count). The Hall–Kier alpha value is -1.45. The number of benzene rings is 1. The Labute approximate surface area is 101 Å². The van der Waals surface area contributed by atoms with Gasteiger partial charge >= 0.3 is 14.1 Å². The Balaban J connectivity index is 2.81. The highest BCUT2D eigenvalue weighted by atomic mass is 31.1. The molecular weight excluding hydrogens is 241 g/mol. The molecule has 92 valence electrons. The van der Waals surface area contributed by atoms with Gasteiger partial charge in [-0.05, 0) is 10.1 Å². The molecule has 0 saturated heterocycles. The quantitative estimate of drug-likeness (QED) is 0.822. The zero-order valence-corrected chi connectivity index (χ0v) is 10.6. The zero-order valence-electron chi connectivity index (χ0n) is 9.74. The molecule has 0 bridgehead atoms. The minimum atomic E-state index is -2.01. The Morgan fingerprint density at radius 2 is 2.06 bits per heavy atom. The monoisotopic (exact) mass is 256 g/mol. The molecular formula is C11H15NO4P+. The van der Waals surface area contributed by atoms with Crippen LogP contribution in [0.3, 0.4) is 0 Å². The van der Waals surface area contributed by atoms with E-state index in [1.54, 1.807) is 6.92 Å². The van der Waals surface area contributed by atoms with E-state index in [4.69, 9.17) is 5.11 Å². The van der Waals surface area contributed by atoms with Gasteiger partial charge in [0, 0.05) is 6.92 Å². The van der Waals surface area contributed by atoms with Crippen LogP contribution < -0.4 is 0 Å². The van der Waals surface area contributed by atoms with E-state index >= 15 is 0 Å². The van der Waals surface area contributed by atoms with Crippen LogP contribution in [0.5, 0.6) is 0 Å². The Bertz CT molecular complexity index is 396. The molecule has 0 heterocycles. The van der Waals surface area contributed by atoms with Crippen molar-refractivity contribution in [3.05, 3.63) is 35.9 Å².